The van der Waals surface area contributed by atoms with Crippen LogP contribution in [0.4, 0.5) is 4.39 Å². The molecule has 1 N–H and O–H groups in total. The topological polar surface area (TPSA) is 65.8 Å². The number of nitrogens with one attached hydrogen (secondary N) is 1. The van der Waals surface area contributed by atoms with Crippen LogP contribution in [-0.2, 0) is 0 Å². The average molecular weight is 221 g/mol. The highest BCUT2D eigenvalue weighted by Crippen LogP contribution is 2.11. The molecule has 0 spiro atoms. The lowest BCUT2D eigenvalue weighted by atomic mass is 9.96. The van der Waals surface area contributed by atoms with E-state index in [2.05, 4.69) is 16.4 Å². The smallest absolute Gasteiger partial charge is 0.252 e. The Balaban J connectivity index is 2.61. The van der Waals surface area contributed by atoms with Gasteiger partial charge in [-0.1, -0.05) is 0 Å². The third-order valence-electron chi connectivity index (χ3n) is 1.98. The second-order valence-corrected chi connectivity index (χ2v) is 4.05. The van der Waals surface area contributed by atoms with Gasteiger partial charge in [0.05, 0.1) is 17.0 Å². The van der Waals surface area contributed by atoms with Crippen molar-refractivity contribution in [3.63, 3.8) is 0 Å². The Kier molecular flexibility index (Phi) is 3.56. The van der Waals surface area contributed by atoms with Crippen molar-refractivity contribution < 1.29 is 9.18 Å². The minimum absolute atomic E-state index is 0.236. The zero-order valence-electron chi connectivity index (χ0n) is 9.12. The van der Waals surface area contributed by atoms with Gasteiger partial charge >= 0.3 is 0 Å². The van der Waals surface area contributed by atoms with E-state index >= 15 is 0 Å². The monoisotopic (exact) mass is 221 g/mol. The number of nitrogens with zero attached hydrogens (tertiary/aromatic N) is 2. The lowest BCUT2D eigenvalue weighted by Crippen LogP contribution is -2.33. The molecule has 1 amide bonds. The highest BCUT2D eigenvalue weighted by molar-refractivity contribution is 5.93. The first-order chi connectivity index (χ1) is 7.44. The normalized spacial score (nSPS) is 10.6. The van der Waals surface area contributed by atoms with Crippen molar-refractivity contribution in [1.29, 1.82) is 5.26 Å². The van der Waals surface area contributed by atoms with Gasteiger partial charge in [-0.3, -0.25) is 4.79 Å². The number of rotatable bonds is 3. The molecule has 1 heterocycles. The number of halogens is 1. The van der Waals surface area contributed by atoms with Gasteiger partial charge in [0.2, 0.25) is 5.95 Å². The summed E-state index contributed by atoms with van der Waals surface area (Å²) in [4.78, 5) is 14.9. The van der Waals surface area contributed by atoms with Crippen LogP contribution in [0, 0.1) is 22.7 Å². The van der Waals surface area contributed by atoms with Crippen LogP contribution in [0.3, 0.4) is 0 Å². The fourth-order valence-electron chi connectivity index (χ4n) is 0.953. The number of pyridine rings is 1. The molecule has 4 nitrogen and oxygen atoms in total. The summed E-state index contributed by atoms with van der Waals surface area (Å²) in [6, 6.07) is 4.53. The summed E-state index contributed by atoms with van der Waals surface area (Å²) in [5.41, 5.74) is -0.349. The van der Waals surface area contributed by atoms with E-state index in [1.807, 2.05) is 0 Å². The zero-order chi connectivity index (χ0) is 12.2. The first-order valence-corrected chi connectivity index (χ1v) is 4.75. The predicted octanol–water partition coefficient (Wildman–Crippen LogP) is 1.50. The van der Waals surface area contributed by atoms with Gasteiger partial charge in [0.15, 0.2) is 0 Å². The van der Waals surface area contributed by atoms with Gasteiger partial charge in [0.25, 0.3) is 5.91 Å². The summed E-state index contributed by atoms with van der Waals surface area (Å²) in [6.07, 6.45) is 1.16. The highest BCUT2D eigenvalue weighted by atomic mass is 19.1. The Bertz CT molecular complexity index is 420. The predicted molar refractivity (Wildman–Crippen MR) is 55.9 cm³/mol. The molecule has 0 aliphatic carbocycles. The van der Waals surface area contributed by atoms with Crippen LogP contribution in [0.15, 0.2) is 18.3 Å². The molecular formula is C11H12FN3O. The number of carbonyl (C=O) groups excluding carboxylic acids is 1. The Labute approximate surface area is 93.1 Å². The number of hydrogen-bond donors (Lipinski definition) is 1. The molecule has 0 radical (unpaired) electrons. The number of hydrogen-bond acceptors (Lipinski definition) is 3. The Morgan fingerprint density at radius 3 is 2.81 bits per heavy atom. The molecule has 84 valence electrons. The van der Waals surface area contributed by atoms with Crippen molar-refractivity contribution in [2.45, 2.75) is 13.8 Å². The molecule has 0 atom stereocenters. The molecule has 0 unspecified atom stereocenters. The van der Waals surface area contributed by atoms with Crippen molar-refractivity contribution in [2.24, 2.45) is 5.41 Å². The van der Waals surface area contributed by atoms with E-state index in [9.17, 15) is 9.18 Å². The second-order valence-electron chi connectivity index (χ2n) is 4.05. The summed E-state index contributed by atoms with van der Waals surface area (Å²) < 4.78 is 12.5. The van der Waals surface area contributed by atoms with Crippen LogP contribution in [0.2, 0.25) is 0 Å². The van der Waals surface area contributed by atoms with E-state index in [1.165, 1.54) is 6.07 Å². The molecule has 5 heteroatoms. The molecule has 0 saturated carbocycles. The third kappa shape index (κ3) is 3.31. The number of carbonyl (C=O) groups is 1. The van der Waals surface area contributed by atoms with E-state index in [1.54, 1.807) is 13.8 Å². The largest absolute Gasteiger partial charge is 0.350 e. The standard InChI is InChI=1S/C11H12FN3O/c1-11(2,6-13)7-15-10(16)8-3-4-9(12)14-5-8/h3-5H,7H2,1-2H3,(H,15,16). The van der Waals surface area contributed by atoms with Gasteiger partial charge in [-0.15, -0.1) is 0 Å². The van der Waals surface area contributed by atoms with Crippen molar-refractivity contribution in [3.05, 3.63) is 29.8 Å². The molecule has 16 heavy (non-hydrogen) atoms. The Morgan fingerprint density at radius 2 is 2.31 bits per heavy atom. The second kappa shape index (κ2) is 4.71. The minimum Gasteiger partial charge on any atom is -0.350 e. The fourth-order valence-corrected chi connectivity index (χ4v) is 0.953. The lowest BCUT2D eigenvalue weighted by Gasteiger charge is -2.15. The van der Waals surface area contributed by atoms with Crippen LogP contribution >= 0.6 is 0 Å². The van der Waals surface area contributed by atoms with Gasteiger partial charge in [0, 0.05) is 12.7 Å². The SMILES string of the molecule is CC(C)(C#N)CNC(=O)c1ccc(F)nc1. The van der Waals surface area contributed by atoms with Crippen LogP contribution < -0.4 is 5.32 Å². The first-order valence-electron chi connectivity index (χ1n) is 4.75. The zero-order valence-corrected chi connectivity index (χ0v) is 9.12. The van der Waals surface area contributed by atoms with E-state index in [0.717, 1.165) is 12.3 Å². The molecule has 0 aliphatic rings. The van der Waals surface area contributed by atoms with Crippen LogP contribution in [0.25, 0.3) is 0 Å². The number of aromatic nitrogens is 1. The highest BCUT2D eigenvalue weighted by Gasteiger charge is 2.18. The molecule has 1 aromatic rings. The maximum atomic E-state index is 12.5. The molecule has 0 bridgehead atoms. The summed E-state index contributed by atoms with van der Waals surface area (Å²) >= 11 is 0. The summed E-state index contributed by atoms with van der Waals surface area (Å²) in [7, 11) is 0. The van der Waals surface area contributed by atoms with E-state index < -0.39 is 11.4 Å². The summed E-state index contributed by atoms with van der Waals surface area (Å²) in [5.74, 6) is -0.996. The van der Waals surface area contributed by atoms with Gasteiger partial charge < -0.3 is 5.32 Å². The number of amides is 1. The first kappa shape index (κ1) is 12.1. The van der Waals surface area contributed by atoms with Crippen LogP contribution in [0.5, 0.6) is 0 Å². The van der Waals surface area contributed by atoms with Crippen LogP contribution in [-0.4, -0.2) is 17.4 Å². The van der Waals surface area contributed by atoms with E-state index in [0.29, 0.717) is 0 Å². The van der Waals surface area contributed by atoms with Crippen molar-refractivity contribution in [3.8, 4) is 6.07 Å². The van der Waals surface area contributed by atoms with Crippen molar-refractivity contribution >= 4 is 5.91 Å². The third-order valence-corrected chi connectivity index (χ3v) is 1.98. The molecule has 1 aromatic heterocycles. The summed E-state index contributed by atoms with van der Waals surface area (Å²) in [5, 5.41) is 11.3. The average Bonchev–Trinajstić information content (AvgIpc) is 2.27. The molecular weight excluding hydrogens is 209 g/mol. The quantitative estimate of drug-likeness (QED) is 0.786. The van der Waals surface area contributed by atoms with Gasteiger partial charge in [0.1, 0.15) is 0 Å². The maximum Gasteiger partial charge on any atom is 0.252 e. The van der Waals surface area contributed by atoms with Gasteiger partial charge in [-0.25, -0.2) is 4.98 Å². The van der Waals surface area contributed by atoms with Crippen molar-refractivity contribution in [2.75, 3.05) is 6.54 Å². The van der Waals surface area contributed by atoms with Crippen LogP contribution in [0.1, 0.15) is 24.2 Å². The van der Waals surface area contributed by atoms with E-state index in [-0.39, 0.29) is 18.0 Å². The molecule has 0 aliphatic heterocycles. The molecule has 1 rings (SSSR count). The van der Waals surface area contributed by atoms with Crippen molar-refractivity contribution in [1.82, 2.24) is 10.3 Å². The lowest BCUT2D eigenvalue weighted by molar-refractivity contribution is 0.0943. The molecule has 0 aromatic carbocycles. The molecule has 0 saturated heterocycles. The summed E-state index contributed by atoms with van der Waals surface area (Å²) in [6.45, 7) is 3.67. The fraction of sp³-hybridized carbons (Fsp3) is 0.364. The van der Waals surface area contributed by atoms with E-state index in [4.69, 9.17) is 5.26 Å². The number of nitriles is 1. The van der Waals surface area contributed by atoms with Gasteiger partial charge in [-0.2, -0.15) is 9.65 Å². The van der Waals surface area contributed by atoms with Gasteiger partial charge in [-0.05, 0) is 26.0 Å². The Morgan fingerprint density at radius 1 is 1.62 bits per heavy atom. The Hall–Kier alpha value is -1.96. The minimum atomic E-state index is -0.631. The maximum absolute atomic E-state index is 12.5. The molecule has 0 fully saturated rings.